The second-order valence-corrected chi connectivity index (χ2v) is 19.7. The maximum atomic E-state index is 13.5. The van der Waals surface area contributed by atoms with E-state index in [1.165, 1.54) is 0 Å². The van der Waals surface area contributed by atoms with E-state index in [1.807, 2.05) is 30.3 Å². The van der Waals surface area contributed by atoms with Crippen LogP contribution in [-0.4, -0.2) is 100 Å². The number of aryl methyl sites for hydroxylation is 1. The van der Waals surface area contributed by atoms with Crippen molar-refractivity contribution >= 4 is 86.0 Å². The zero-order chi connectivity index (χ0) is 41.6. The highest BCUT2D eigenvalue weighted by molar-refractivity contribution is 9.10. The molecule has 3 N–H and O–H groups in total. The van der Waals surface area contributed by atoms with Gasteiger partial charge in [0.15, 0.2) is 0 Å². The Labute approximate surface area is 350 Å². The molecule has 2 aromatic heterocycles. The Kier molecular flexibility index (Phi) is 11.2. The van der Waals surface area contributed by atoms with Gasteiger partial charge < -0.3 is 29.7 Å². The topological polar surface area (TPSA) is 175 Å². The van der Waals surface area contributed by atoms with E-state index in [2.05, 4.69) is 82.7 Å². The molecule has 5 heterocycles. The Morgan fingerprint density at radius 2 is 1.78 bits per heavy atom. The van der Waals surface area contributed by atoms with Crippen LogP contribution in [0, 0.1) is 6.92 Å². The number of hydrogen-bond donors (Lipinski definition) is 3. The molecule has 17 heteroatoms. The van der Waals surface area contributed by atoms with E-state index < -0.39 is 19.1 Å². The van der Waals surface area contributed by atoms with Crippen LogP contribution in [0.15, 0.2) is 65.5 Å². The molecule has 0 radical (unpaired) electrons. The average Bonchev–Trinajstić information content (AvgIpc) is 3.55. The van der Waals surface area contributed by atoms with Gasteiger partial charge in [-0.3, -0.25) is 34.6 Å². The number of methoxy groups -OCH3 is 1. The maximum Gasteiger partial charge on any atom is 0.255 e. The Balaban J connectivity index is 0.931. The van der Waals surface area contributed by atoms with Gasteiger partial charge in [-0.15, -0.1) is 0 Å². The lowest BCUT2D eigenvalue weighted by Crippen LogP contribution is -2.52. The van der Waals surface area contributed by atoms with E-state index in [1.54, 1.807) is 43.9 Å². The number of aromatic nitrogens is 4. The fraction of sp³-hybridized carbons (Fsp3) is 0.357. The summed E-state index contributed by atoms with van der Waals surface area (Å²) in [5.74, 6) is 0.639. The highest BCUT2D eigenvalue weighted by Gasteiger charge is 2.40. The van der Waals surface area contributed by atoms with Crippen molar-refractivity contribution in [2.75, 3.05) is 56.1 Å². The summed E-state index contributed by atoms with van der Waals surface area (Å²) in [5.41, 5.74) is 7.44. The molecule has 3 aliphatic heterocycles. The van der Waals surface area contributed by atoms with E-state index >= 15 is 0 Å². The molecular weight excluding hydrogens is 835 g/mol. The van der Waals surface area contributed by atoms with Crippen LogP contribution < -0.4 is 30.9 Å². The van der Waals surface area contributed by atoms with Gasteiger partial charge in [-0.1, -0.05) is 12.1 Å². The van der Waals surface area contributed by atoms with Crippen LogP contribution in [-0.2, 0) is 27.2 Å². The third-order valence-electron chi connectivity index (χ3n) is 11.4. The number of piperidine rings is 2. The number of carbonyl (C=O) groups excluding carboxylic acids is 3. The first-order valence-electron chi connectivity index (χ1n) is 19.5. The minimum atomic E-state index is -2.78. The predicted molar refractivity (Wildman–Crippen MR) is 232 cm³/mol. The summed E-state index contributed by atoms with van der Waals surface area (Å²) < 4.78 is 20.0. The number of anilines is 5. The van der Waals surface area contributed by atoms with Crippen LogP contribution in [0.1, 0.15) is 52.7 Å². The van der Waals surface area contributed by atoms with Gasteiger partial charge in [0.2, 0.25) is 17.8 Å². The van der Waals surface area contributed by atoms with Gasteiger partial charge in [0.1, 0.15) is 30.3 Å². The zero-order valence-corrected chi connectivity index (χ0v) is 36.1. The molecule has 1 atom stereocenters. The Morgan fingerprint density at radius 3 is 2.53 bits per heavy atom. The number of rotatable bonds is 11. The smallest absolute Gasteiger partial charge is 0.255 e. The summed E-state index contributed by atoms with van der Waals surface area (Å²) in [5, 5.41) is 9.69. The van der Waals surface area contributed by atoms with Crippen molar-refractivity contribution in [3.63, 3.8) is 0 Å². The number of nitrogens with zero attached hydrogens (tertiary/aromatic N) is 7. The largest absolute Gasteiger partial charge is 0.494 e. The van der Waals surface area contributed by atoms with Crippen LogP contribution in [0.3, 0.4) is 0 Å². The van der Waals surface area contributed by atoms with E-state index in [0.717, 1.165) is 54.0 Å². The van der Waals surface area contributed by atoms with E-state index in [9.17, 15) is 18.9 Å². The lowest BCUT2D eigenvalue weighted by molar-refractivity contribution is -0.136. The number of halogens is 1. The minimum Gasteiger partial charge on any atom is -0.494 e. The first-order chi connectivity index (χ1) is 28.3. The Bertz CT molecular complexity index is 2540. The average molecular weight is 882 g/mol. The summed E-state index contributed by atoms with van der Waals surface area (Å²) in [6.07, 6.45) is 7.35. The van der Waals surface area contributed by atoms with Crippen LogP contribution in [0.4, 0.5) is 28.8 Å². The number of imide groups is 1. The number of fused-ring (bicyclic) bond motifs is 2. The number of benzene rings is 3. The molecule has 306 valence electrons. The van der Waals surface area contributed by atoms with E-state index in [0.29, 0.717) is 75.1 Å². The zero-order valence-electron chi connectivity index (χ0n) is 33.6. The fourth-order valence-electron chi connectivity index (χ4n) is 8.46. The summed E-state index contributed by atoms with van der Waals surface area (Å²) in [7, 11) is 0.998. The normalized spacial score (nSPS) is 17.4. The van der Waals surface area contributed by atoms with Gasteiger partial charge in [0, 0.05) is 74.5 Å². The van der Waals surface area contributed by atoms with Gasteiger partial charge in [0.25, 0.3) is 5.91 Å². The standard InChI is InChI=1S/C42H46BrN10O5P/c1-24-19-32(48-42-46-21-29(43)39(50-42)47-31-10-9-30-37(45-16-15-44-30)38(31)59(4,5)57)35(58-3)20-34(24)52-17-13-26(14-18-52)51(2)22-25-7-6-8-27-28(25)23-53(41(27)56)33-11-12-36(54)49-40(33)55/h6-10,15-16,19-21,26,33H,11-14,17-18,22-23H2,1-5H3,(H,49,54,55)(H2,46,47,48,50). The van der Waals surface area contributed by atoms with Crippen LogP contribution in [0.25, 0.3) is 11.0 Å². The molecule has 2 saturated heterocycles. The summed E-state index contributed by atoms with van der Waals surface area (Å²) >= 11 is 3.57. The van der Waals surface area contributed by atoms with Crippen LogP contribution in [0.2, 0.25) is 0 Å². The third-order valence-corrected chi connectivity index (χ3v) is 13.6. The van der Waals surface area contributed by atoms with Crippen molar-refractivity contribution in [3.05, 3.63) is 87.8 Å². The van der Waals surface area contributed by atoms with E-state index in [-0.39, 0.29) is 18.2 Å². The Hall–Kier alpha value is -5.44. The fourth-order valence-corrected chi connectivity index (χ4v) is 10.1. The van der Waals surface area contributed by atoms with Crippen molar-refractivity contribution in [1.82, 2.24) is 35.1 Å². The molecule has 1 unspecified atom stereocenters. The highest BCUT2D eigenvalue weighted by atomic mass is 79.9. The third kappa shape index (κ3) is 8.13. The first-order valence-corrected chi connectivity index (χ1v) is 22.9. The lowest BCUT2D eigenvalue weighted by Gasteiger charge is -2.39. The summed E-state index contributed by atoms with van der Waals surface area (Å²) in [6.45, 7) is 8.28. The van der Waals surface area contributed by atoms with Gasteiger partial charge in [0.05, 0.1) is 33.8 Å². The summed E-state index contributed by atoms with van der Waals surface area (Å²) in [6, 6.07) is 13.3. The van der Waals surface area contributed by atoms with Gasteiger partial charge in [-0.05, 0) is 103 Å². The quantitative estimate of drug-likeness (QED) is 0.103. The van der Waals surface area contributed by atoms with Gasteiger partial charge >= 0.3 is 0 Å². The number of nitrogens with one attached hydrogen (secondary N) is 3. The molecule has 0 saturated carbocycles. The number of ether oxygens (including phenoxy) is 1. The maximum absolute atomic E-state index is 13.5. The summed E-state index contributed by atoms with van der Waals surface area (Å²) in [4.78, 5) is 62.3. The van der Waals surface area contributed by atoms with Crippen LogP contribution in [0.5, 0.6) is 5.75 Å². The minimum absolute atomic E-state index is 0.154. The predicted octanol–water partition coefficient (Wildman–Crippen LogP) is 6.10. The lowest BCUT2D eigenvalue weighted by atomic mass is 9.99. The monoisotopic (exact) mass is 880 g/mol. The van der Waals surface area contributed by atoms with Gasteiger partial charge in [-0.2, -0.15) is 4.98 Å². The SMILES string of the molecule is COc1cc(N2CCC(N(C)Cc3cccc4c3CN(C3CCC(=O)NC3=O)C4=O)CC2)c(C)cc1Nc1ncc(Br)c(Nc2ccc3nccnc3c2P(C)(C)=O)n1. The Morgan fingerprint density at radius 1 is 1.00 bits per heavy atom. The molecule has 3 amide bonds. The second-order valence-electron chi connectivity index (χ2n) is 15.7. The number of amides is 3. The molecule has 5 aromatic rings. The molecule has 0 spiro atoms. The van der Waals surface area contributed by atoms with Gasteiger partial charge in [-0.25, -0.2) is 4.98 Å². The number of carbonyl (C=O) groups is 3. The molecule has 59 heavy (non-hydrogen) atoms. The molecule has 3 aromatic carbocycles. The highest BCUT2D eigenvalue weighted by Crippen LogP contribution is 2.42. The molecular formula is C42H46BrN10O5P. The molecule has 0 aliphatic carbocycles. The molecule has 0 bridgehead atoms. The van der Waals surface area contributed by atoms with E-state index in [4.69, 9.17) is 9.72 Å². The second kappa shape index (κ2) is 16.3. The van der Waals surface area contributed by atoms with Crippen molar-refractivity contribution in [3.8, 4) is 5.75 Å². The van der Waals surface area contributed by atoms with Crippen molar-refractivity contribution < 1.29 is 23.7 Å². The van der Waals surface area contributed by atoms with Crippen molar-refractivity contribution in [1.29, 1.82) is 0 Å². The van der Waals surface area contributed by atoms with Crippen LogP contribution >= 0.6 is 23.1 Å². The molecule has 15 nitrogen and oxygen atoms in total. The van der Waals surface area contributed by atoms with Crippen molar-refractivity contribution in [2.45, 2.75) is 57.8 Å². The molecule has 2 fully saturated rings. The molecule has 8 rings (SSSR count). The number of hydrogen-bond acceptors (Lipinski definition) is 13. The first kappa shape index (κ1) is 40.3. The van der Waals surface area contributed by atoms with Crippen molar-refractivity contribution in [2.24, 2.45) is 0 Å². The molecule has 3 aliphatic rings.